The Morgan fingerprint density at radius 3 is 2.65 bits per heavy atom. The number of nitrogens with zero attached hydrogens (tertiary/aromatic N) is 5. The maximum absolute atomic E-state index is 16.8. The van der Waals surface area contributed by atoms with Crippen LogP contribution < -0.4 is 15.0 Å². The molecule has 4 aliphatic rings. The van der Waals surface area contributed by atoms with Gasteiger partial charge in [-0.3, -0.25) is 4.90 Å². The molecule has 0 amide bonds. The van der Waals surface area contributed by atoms with Crippen LogP contribution in [0.2, 0.25) is 0 Å². The molecule has 4 saturated heterocycles. The normalized spacial score (nSPS) is 23.0. The molecule has 2 bridgehead atoms. The van der Waals surface area contributed by atoms with Gasteiger partial charge in [-0.15, -0.1) is 0 Å². The average molecular weight is 885 g/mol. The van der Waals surface area contributed by atoms with Crippen LogP contribution in [-0.4, -0.2) is 96.0 Å². The molecule has 0 radical (unpaired) electrons. The van der Waals surface area contributed by atoms with E-state index in [1.165, 1.54) is 6.07 Å². The number of thiol groups is 1. The summed E-state index contributed by atoms with van der Waals surface area (Å²) in [5, 5.41) is 5.29. The molecule has 4 fully saturated rings. The predicted molar refractivity (Wildman–Crippen MR) is 188 cm³/mol. The van der Waals surface area contributed by atoms with E-state index in [9.17, 15) is 8.78 Å². The summed E-state index contributed by atoms with van der Waals surface area (Å²) in [6.45, 7) is 2.45. The van der Waals surface area contributed by atoms with Crippen LogP contribution in [0.15, 0.2) is 48.2 Å². The Morgan fingerprint density at radius 1 is 1.10 bits per heavy atom. The van der Waals surface area contributed by atoms with E-state index in [1.807, 2.05) is 6.07 Å². The molecule has 4 unspecified atom stereocenters. The number of hydrogen-bond donors (Lipinski definition) is 1. The molecule has 0 saturated carbocycles. The van der Waals surface area contributed by atoms with Gasteiger partial charge in [-0.05, 0) is 38.6 Å². The van der Waals surface area contributed by atoms with Crippen molar-refractivity contribution in [3.63, 3.8) is 0 Å². The second-order valence-corrected chi connectivity index (χ2v) is 13.9. The van der Waals surface area contributed by atoms with Crippen molar-refractivity contribution in [2.75, 3.05) is 37.7 Å². The number of halogens is 4. The zero-order chi connectivity index (χ0) is 31.6. The Morgan fingerprint density at radius 2 is 1.90 bits per heavy atom. The average Bonchev–Trinajstić information content (AvgIpc) is 3.73. The molecule has 8 rings (SSSR count). The molecular weight excluding hydrogens is 852 g/mol. The fourth-order valence-corrected chi connectivity index (χ4v) is 8.46. The maximum atomic E-state index is 16.8. The molecule has 0 aliphatic carbocycles. The molecule has 4 aromatic rings. The first-order valence-corrected chi connectivity index (χ1v) is 17.8. The van der Waals surface area contributed by atoms with Crippen molar-refractivity contribution in [1.29, 1.82) is 0 Å². The third-order valence-electron chi connectivity index (χ3n) is 10.0. The summed E-state index contributed by atoms with van der Waals surface area (Å²) in [5.74, 6) is 2.31. The second kappa shape index (κ2) is 14.0. The molecule has 14 heteroatoms. The molecule has 4 atom stereocenters. The molecule has 4 aliphatic heterocycles. The SMILES string of the molecule is FC(F)=C1CN2CCCC2(COc2nc(N3CC4CCC(C3)N4)c3cnc(-c4cccc5ccc(F)c(C#[C][Tl])c45)c(F)c3n2)C1.P.[SH-]. The Kier molecular flexibility index (Phi) is 10.3. The smallest absolute Gasteiger partial charge is 0.00319 e. The monoisotopic (exact) mass is 885 g/mol. The van der Waals surface area contributed by atoms with Crippen LogP contribution in [0.5, 0.6) is 6.01 Å². The van der Waals surface area contributed by atoms with Gasteiger partial charge in [0.1, 0.15) is 0 Å². The summed E-state index contributed by atoms with van der Waals surface area (Å²) in [6, 6.07) is 8.96. The molecule has 7 nitrogen and oxygen atoms in total. The van der Waals surface area contributed by atoms with Crippen LogP contribution in [0.1, 0.15) is 37.7 Å². The van der Waals surface area contributed by atoms with E-state index >= 15 is 8.78 Å². The minimum Gasteiger partial charge on any atom is -0.813 e. The molecular formula is C34H33F4N6OPSTl-. The van der Waals surface area contributed by atoms with Crippen LogP contribution >= 0.6 is 9.90 Å². The third kappa shape index (κ3) is 6.08. The number of piperazine rings is 1. The first-order valence-electron chi connectivity index (χ1n) is 15.5. The second-order valence-electron chi connectivity index (χ2n) is 12.7. The van der Waals surface area contributed by atoms with Crippen molar-refractivity contribution in [2.24, 2.45) is 0 Å². The van der Waals surface area contributed by atoms with Gasteiger partial charge >= 0.3 is 187 Å². The van der Waals surface area contributed by atoms with E-state index in [1.54, 1.807) is 24.4 Å². The number of benzene rings is 2. The van der Waals surface area contributed by atoms with Crippen molar-refractivity contribution in [2.45, 2.75) is 49.7 Å². The van der Waals surface area contributed by atoms with Crippen LogP contribution in [0.25, 0.3) is 32.9 Å². The van der Waals surface area contributed by atoms with E-state index in [0.29, 0.717) is 73.1 Å². The van der Waals surface area contributed by atoms with Crippen molar-refractivity contribution in [3.8, 4) is 26.7 Å². The maximum Gasteiger partial charge on any atom is -0.00319 e. The van der Waals surface area contributed by atoms with Gasteiger partial charge < -0.3 is 18.8 Å². The first-order chi connectivity index (χ1) is 22.3. The topological polar surface area (TPSA) is 66.4 Å². The molecule has 2 aromatic heterocycles. The Hall–Kier alpha value is -2.57. The standard InChI is InChI=1S/C34H29F4N6O.H3P.H2S.Tl/c1-2-23-26(35)10-7-19-5-3-6-24(27(19)23)29-28(36)30-25(14-39-29)32(43-16-21-8-9-22(17-43)40-21)42-33(41-30)45-18-34-11-4-12-44(34)15-20(13-34)31(37)38;;;/h3,5-7,10,14,21-22,40H,4,8-9,11-13,15-18H2;1H3;1H2;/p-1. The minimum atomic E-state index is -1.63. The van der Waals surface area contributed by atoms with Crippen molar-refractivity contribution in [3.05, 3.63) is 65.4 Å². The van der Waals surface area contributed by atoms with Crippen LogP contribution in [0, 0.1) is 21.0 Å². The predicted octanol–water partition coefficient (Wildman–Crippen LogP) is 5.10. The van der Waals surface area contributed by atoms with E-state index in [-0.39, 0.29) is 71.3 Å². The quantitative estimate of drug-likeness (QED) is 0.0744. The van der Waals surface area contributed by atoms with Gasteiger partial charge in [0.2, 0.25) is 0 Å². The molecule has 6 heterocycles. The van der Waals surface area contributed by atoms with Gasteiger partial charge in [0.25, 0.3) is 6.08 Å². The van der Waals surface area contributed by atoms with Gasteiger partial charge in [-0.25, -0.2) is 0 Å². The number of fused-ring (bicyclic) bond motifs is 5. The Bertz CT molecular complexity index is 1990. The van der Waals surface area contributed by atoms with E-state index in [0.717, 1.165) is 37.6 Å². The van der Waals surface area contributed by atoms with Gasteiger partial charge in [0.15, 0.2) is 0 Å². The summed E-state index contributed by atoms with van der Waals surface area (Å²) in [4.78, 5) is 18.2. The molecule has 0 spiro atoms. The van der Waals surface area contributed by atoms with E-state index in [2.05, 4.69) is 34.5 Å². The molecule has 1 N–H and O–H groups in total. The third-order valence-corrected chi connectivity index (χ3v) is 10.6. The Balaban J connectivity index is 0.00000201. The van der Waals surface area contributed by atoms with Gasteiger partial charge in [-0.2, -0.15) is 18.7 Å². The largest absolute Gasteiger partial charge is 0.813 e. The summed E-state index contributed by atoms with van der Waals surface area (Å²) >= 11 is 0.342. The Labute approximate surface area is 302 Å². The molecule has 48 heavy (non-hydrogen) atoms. The van der Waals surface area contributed by atoms with Crippen LogP contribution in [-0.2, 0) is 13.5 Å². The van der Waals surface area contributed by atoms with Gasteiger partial charge in [-0.1, -0.05) is 0 Å². The minimum absolute atomic E-state index is 0. The fraction of sp³-hybridized carbons (Fsp3) is 0.382. The molecule has 2 aromatic carbocycles. The van der Waals surface area contributed by atoms with Gasteiger partial charge in [0.05, 0.1) is 5.54 Å². The van der Waals surface area contributed by atoms with E-state index < -0.39 is 23.3 Å². The number of aromatic nitrogens is 3. The number of rotatable bonds is 5. The van der Waals surface area contributed by atoms with Crippen molar-refractivity contribution in [1.82, 2.24) is 25.2 Å². The number of hydrogen-bond acceptors (Lipinski definition) is 8. The molecule has 248 valence electrons. The fourth-order valence-electron chi connectivity index (χ4n) is 7.90. The summed E-state index contributed by atoms with van der Waals surface area (Å²) in [6.07, 6.45) is 3.89. The number of anilines is 1. The summed E-state index contributed by atoms with van der Waals surface area (Å²) in [5.41, 5.74) is 0.284. The zero-order valence-corrected chi connectivity index (χ0v) is 32.9. The van der Waals surface area contributed by atoms with Crippen molar-refractivity contribution >= 4 is 76.7 Å². The van der Waals surface area contributed by atoms with Crippen molar-refractivity contribution < 1.29 is 22.3 Å². The van der Waals surface area contributed by atoms with Crippen LogP contribution in [0.3, 0.4) is 0 Å². The number of pyridine rings is 1. The first kappa shape index (κ1) is 35.3. The summed E-state index contributed by atoms with van der Waals surface area (Å²) < 4.78 is 68.2. The summed E-state index contributed by atoms with van der Waals surface area (Å²) in [7, 11) is 0. The van der Waals surface area contributed by atoms with Gasteiger partial charge in [0, 0.05) is 24.2 Å². The van der Waals surface area contributed by atoms with Crippen LogP contribution in [0.4, 0.5) is 23.4 Å². The zero-order valence-electron chi connectivity index (χ0n) is 26.1. The number of ether oxygens (including phenoxy) is 1. The van der Waals surface area contributed by atoms with E-state index in [4.69, 9.17) is 9.72 Å². The number of nitrogens with one attached hydrogen (secondary N) is 1.